The van der Waals surface area contributed by atoms with Gasteiger partial charge in [-0.05, 0) is 24.6 Å². The van der Waals surface area contributed by atoms with Gasteiger partial charge in [0.05, 0.1) is 17.2 Å². The zero-order valence-corrected chi connectivity index (χ0v) is 16.7. The molecule has 30 heavy (non-hydrogen) atoms. The molecule has 3 N–H and O–H groups in total. The Labute approximate surface area is 173 Å². The van der Waals surface area contributed by atoms with Crippen molar-refractivity contribution in [2.75, 3.05) is 12.3 Å². The minimum absolute atomic E-state index is 0.202. The lowest BCUT2D eigenvalue weighted by molar-refractivity contribution is 0.0955. The Morgan fingerprint density at radius 1 is 1.17 bits per heavy atom. The zero-order valence-electron chi connectivity index (χ0n) is 16.7. The lowest BCUT2D eigenvalue weighted by Gasteiger charge is -2.04. The molecule has 0 aliphatic rings. The molecule has 152 valence electrons. The average molecular weight is 401 g/mol. The lowest BCUT2D eigenvalue weighted by atomic mass is 10.2. The van der Waals surface area contributed by atoms with Crippen LogP contribution in [-0.4, -0.2) is 38.3 Å². The number of aromatic nitrogens is 4. The second-order valence-electron chi connectivity index (χ2n) is 6.95. The summed E-state index contributed by atoms with van der Waals surface area (Å²) in [4.78, 5) is 26.4. The van der Waals surface area contributed by atoms with Crippen LogP contribution in [0.4, 0.5) is 5.82 Å². The van der Waals surface area contributed by atoms with Gasteiger partial charge in [-0.15, -0.1) is 0 Å². The predicted octanol–water partition coefficient (Wildman–Crippen LogP) is 3.36. The smallest absolute Gasteiger partial charge is 0.257 e. The minimum Gasteiger partial charge on any atom is -0.383 e. The summed E-state index contributed by atoms with van der Waals surface area (Å²) in [5.74, 6) is -0.0676. The Bertz CT molecular complexity index is 1210. The largest absolute Gasteiger partial charge is 0.383 e. The fourth-order valence-corrected chi connectivity index (χ4v) is 3.23. The van der Waals surface area contributed by atoms with E-state index in [-0.39, 0.29) is 11.7 Å². The molecule has 1 aromatic carbocycles. The molecule has 0 fully saturated rings. The van der Waals surface area contributed by atoms with Crippen LogP contribution in [0.25, 0.3) is 22.2 Å². The molecule has 0 aliphatic heterocycles. The van der Waals surface area contributed by atoms with Crippen molar-refractivity contribution in [1.82, 2.24) is 24.9 Å². The number of unbranched alkanes of at least 4 members (excludes halogenated alkanes) is 2. The standard InChI is InChI=1S/C22H23N7O/c1-2-3-6-12-25-22(30)18-19-21(28-17-10-5-4-9-16(17)27-19)29(20(18)23)26-14-15-8-7-11-24-13-15/h4-5,7-11,13-14H,2-3,6,12,23H2,1H3,(H,25,30)/b26-14-. The molecule has 0 aliphatic carbocycles. The van der Waals surface area contributed by atoms with Crippen molar-refractivity contribution < 1.29 is 4.79 Å². The maximum absolute atomic E-state index is 12.9. The molecule has 0 saturated heterocycles. The fourth-order valence-electron chi connectivity index (χ4n) is 3.23. The first-order chi connectivity index (χ1) is 14.7. The van der Waals surface area contributed by atoms with E-state index in [1.165, 1.54) is 4.68 Å². The number of amides is 1. The van der Waals surface area contributed by atoms with E-state index in [9.17, 15) is 4.79 Å². The average Bonchev–Trinajstić information content (AvgIpc) is 3.04. The van der Waals surface area contributed by atoms with Crippen LogP contribution in [0.1, 0.15) is 42.1 Å². The van der Waals surface area contributed by atoms with Crippen molar-refractivity contribution in [2.45, 2.75) is 26.2 Å². The molecule has 0 atom stereocenters. The van der Waals surface area contributed by atoms with E-state index in [4.69, 9.17) is 5.73 Å². The SMILES string of the molecule is CCCCCNC(=O)c1c(N)n(/N=C\c2cccnc2)c2nc3ccccc3nc12. The van der Waals surface area contributed by atoms with Gasteiger partial charge in [0.15, 0.2) is 5.65 Å². The van der Waals surface area contributed by atoms with Crippen molar-refractivity contribution in [3.05, 3.63) is 59.9 Å². The number of para-hydroxylation sites is 2. The van der Waals surface area contributed by atoms with Gasteiger partial charge in [0.25, 0.3) is 5.91 Å². The van der Waals surface area contributed by atoms with Crippen LogP contribution in [0, 0.1) is 0 Å². The number of hydrogen-bond donors (Lipinski definition) is 2. The van der Waals surface area contributed by atoms with Crippen molar-refractivity contribution >= 4 is 40.1 Å². The number of anilines is 1. The van der Waals surface area contributed by atoms with Crippen LogP contribution in [0.3, 0.4) is 0 Å². The maximum atomic E-state index is 12.9. The van der Waals surface area contributed by atoms with E-state index < -0.39 is 0 Å². The number of nitrogens with one attached hydrogen (secondary N) is 1. The van der Waals surface area contributed by atoms with Gasteiger partial charge in [0.1, 0.15) is 16.9 Å². The highest BCUT2D eigenvalue weighted by Gasteiger charge is 2.23. The molecule has 0 unspecified atom stereocenters. The van der Waals surface area contributed by atoms with Gasteiger partial charge in [0, 0.05) is 24.5 Å². The highest BCUT2D eigenvalue weighted by molar-refractivity contribution is 6.10. The Morgan fingerprint density at radius 2 is 1.97 bits per heavy atom. The first-order valence-corrected chi connectivity index (χ1v) is 9.98. The van der Waals surface area contributed by atoms with E-state index in [2.05, 4.69) is 32.3 Å². The molecule has 8 nitrogen and oxygen atoms in total. The first kappa shape index (κ1) is 19.5. The molecule has 0 spiro atoms. The highest BCUT2D eigenvalue weighted by Crippen LogP contribution is 2.27. The molecular weight excluding hydrogens is 378 g/mol. The number of nitrogens with zero attached hydrogens (tertiary/aromatic N) is 5. The van der Waals surface area contributed by atoms with Gasteiger partial charge in [-0.25, -0.2) is 9.97 Å². The number of hydrogen-bond acceptors (Lipinski definition) is 6. The van der Waals surface area contributed by atoms with Crippen LogP contribution in [0.5, 0.6) is 0 Å². The third-order valence-electron chi connectivity index (χ3n) is 4.77. The number of benzene rings is 1. The molecule has 4 aromatic rings. The Balaban J connectivity index is 1.81. The summed E-state index contributed by atoms with van der Waals surface area (Å²) in [6.45, 7) is 2.70. The topological polar surface area (TPSA) is 111 Å². The first-order valence-electron chi connectivity index (χ1n) is 9.98. The number of rotatable bonds is 7. The molecule has 4 rings (SSSR count). The summed E-state index contributed by atoms with van der Waals surface area (Å²) in [5.41, 5.74) is 9.73. The van der Waals surface area contributed by atoms with E-state index in [0.29, 0.717) is 34.3 Å². The van der Waals surface area contributed by atoms with E-state index in [1.54, 1.807) is 18.6 Å². The molecule has 8 heteroatoms. The summed E-state index contributed by atoms with van der Waals surface area (Å²) in [6.07, 6.45) is 8.05. The van der Waals surface area contributed by atoms with Crippen LogP contribution in [-0.2, 0) is 0 Å². The second-order valence-corrected chi connectivity index (χ2v) is 6.95. The summed E-state index contributed by atoms with van der Waals surface area (Å²) in [5, 5.41) is 7.41. The molecule has 3 heterocycles. The third-order valence-corrected chi connectivity index (χ3v) is 4.77. The summed E-state index contributed by atoms with van der Waals surface area (Å²) < 4.78 is 1.46. The van der Waals surface area contributed by atoms with E-state index in [1.807, 2.05) is 36.4 Å². The number of nitrogens with two attached hydrogens (primary N) is 1. The highest BCUT2D eigenvalue weighted by atomic mass is 16.1. The molecule has 3 aromatic heterocycles. The van der Waals surface area contributed by atoms with Crippen LogP contribution < -0.4 is 11.1 Å². The summed E-state index contributed by atoms with van der Waals surface area (Å²) in [7, 11) is 0. The lowest BCUT2D eigenvalue weighted by Crippen LogP contribution is -2.25. The summed E-state index contributed by atoms with van der Waals surface area (Å²) >= 11 is 0. The second kappa shape index (κ2) is 8.69. The molecule has 0 saturated carbocycles. The molecule has 0 bridgehead atoms. The number of carbonyl (C=O) groups is 1. The monoisotopic (exact) mass is 401 g/mol. The normalized spacial score (nSPS) is 11.5. The number of nitrogen functional groups attached to an aromatic ring is 1. The van der Waals surface area contributed by atoms with Crippen molar-refractivity contribution in [2.24, 2.45) is 5.10 Å². The number of pyridine rings is 1. The van der Waals surface area contributed by atoms with E-state index >= 15 is 0 Å². The van der Waals surface area contributed by atoms with Crippen molar-refractivity contribution in [1.29, 1.82) is 0 Å². The quantitative estimate of drug-likeness (QED) is 0.364. The molecular formula is C22H23N7O. The van der Waals surface area contributed by atoms with Gasteiger partial charge in [-0.3, -0.25) is 9.78 Å². The van der Waals surface area contributed by atoms with Gasteiger partial charge in [-0.2, -0.15) is 9.78 Å². The van der Waals surface area contributed by atoms with Crippen molar-refractivity contribution in [3.63, 3.8) is 0 Å². The fraction of sp³-hybridized carbons (Fsp3) is 0.227. The Hall–Kier alpha value is -3.81. The predicted molar refractivity (Wildman–Crippen MR) is 119 cm³/mol. The number of fused-ring (bicyclic) bond motifs is 2. The van der Waals surface area contributed by atoms with Crippen molar-refractivity contribution in [3.8, 4) is 0 Å². The van der Waals surface area contributed by atoms with Crippen LogP contribution in [0.2, 0.25) is 0 Å². The molecule has 1 amide bonds. The minimum atomic E-state index is -0.270. The number of carbonyl (C=O) groups excluding carboxylic acids is 1. The van der Waals surface area contributed by atoms with Gasteiger partial charge >= 0.3 is 0 Å². The Kier molecular flexibility index (Phi) is 5.65. The van der Waals surface area contributed by atoms with Gasteiger partial charge in [0.2, 0.25) is 0 Å². The van der Waals surface area contributed by atoms with Gasteiger partial charge < -0.3 is 11.1 Å². The summed E-state index contributed by atoms with van der Waals surface area (Å²) in [6, 6.07) is 11.2. The molecule has 0 radical (unpaired) electrons. The third kappa shape index (κ3) is 3.84. The zero-order chi connectivity index (χ0) is 20.9. The Morgan fingerprint density at radius 3 is 2.70 bits per heavy atom. The van der Waals surface area contributed by atoms with Crippen LogP contribution in [0.15, 0.2) is 53.9 Å². The van der Waals surface area contributed by atoms with Crippen LogP contribution >= 0.6 is 0 Å². The van der Waals surface area contributed by atoms with E-state index in [0.717, 1.165) is 24.8 Å². The maximum Gasteiger partial charge on any atom is 0.257 e. The van der Waals surface area contributed by atoms with Gasteiger partial charge in [-0.1, -0.05) is 38.0 Å².